The Hall–Kier alpha value is -1.29. The fourth-order valence-electron chi connectivity index (χ4n) is 1.07. The predicted molar refractivity (Wildman–Crippen MR) is 52.1 cm³/mol. The van der Waals surface area contributed by atoms with Crippen LogP contribution in [0.3, 0.4) is 0 Å². The van der Waals surface area contributed by atoms with E-state index >= 15 is 0 Å². The molecule has 76 valence electrons. The van der Waals surface area contributed by atoms with Crippen LogP contribution in [-0.4, -0.2) is 23.2 Å². The molecule has 0 aromatic carbocycles. The number of aromatic nitrogens is 1. The van der Waals surface area contributed by atoms with Crippen LogP contribution >= 0.6 is 11.6 Å². The van der Waals surface area contributed by atoms with Crippen LogP contribution in [0, 0.1) is 0 Å². The van der Waals surface area contributed by atoms with Crippen LogP contribution in [0.5, 0.6) is 5.88 Å². The first-order valence-electron chi connectivity index (χ1n) is 4.06. The molecule has 0 saturated carbocycles. The molecule has 0 spiro atoms. The van der Waals surface area contributed by atoms with Crippen molar-refractivity contribution in [3.63, 3.8) is 0 Å². The van der Waals surface area contributed by atoms with Gasteiger partial charge in [0.1, 0.15) is 10.7 Å². The monoisotopic (exact) mass is 215 g/mol. The van der Waals surface area contributed by atoms with E-state index in [-0.39, 0.29) is 16.6 Å². The molecule has 0 aliphatic rings. The number of carboxylic acid groups (broad SMARTS) is 1. The molecule has 0 unspecified atom stereocenters. The molecular weight excluding hydrogens is 206 g/mol. The quantitative estimate of drug-likeness (QED) is 0.784. The van der Waals surface area contributed by atoms with Crippen LogP contribution in [0.4, 0.5) is 0 Å². The van der Waals surface area contributed by atoms with Gasteiger partial charge in [0.25, 0.3) is 0 Å². The zero-order chi connectivity index (χ0) is 10.7. The van der Waals surface area contributed by atoms with Crippen LogP contribution in [0.1, 0.15) is 22.8 Å². The number of carbonyl (C=O) groups is 1. The van der Waals surface area contributed by atoms with Gasteiger partial charge in [0.15, 0.2) is 0 Å². The molecular formula is C9H10ClNO3. The number of ether oxygens (including phenoxy) is 1. The Morgan fingerprint density at radius 3 is 2.79 bits per heavy atom. The maximum atomic E-state index is 10.8. The molecule has 1 aromatic rings. The highest BCUT2D eigenvalue weighted by atomic mass is 35.5. The molecule has 0 bridgehead atoms. The molecule has 1 aromatic heterocycles. The molecule has 14 heavy (non-hydrogen) atoms. The van der Waals surface area contributed by atoms with Crippen molar-refractivity contribution in [1.82, 2.24) is 4.98 Å². The van der Waals surface area contributed by atoms with Crippen molar-refractivity contribution in [2.75, 3.05) is 7.11 Å². The van der Waals surface area contributed by atoms with Gasteiger partial charge in [-0.1, -0.05) is 18.5 Å². The lowest BCUT2D eigenvalue weighted by Crippen LogP contribution is -2.04. The zero-order valence-electron chi connectivity index (χ0n) is 7.87. The molecule has 1 rings (SSSR count). The summed E-state index contributed by atoms with van der Waals surface area (Å²) in [4.78, 5) is 14.6. The molecule has 0 amide bonds. The normalized spacial score (nSPS) is 9.93. The first-order valence-corrected chi connectivity index (χ1v) is 4.44. The fourth-order valence-corrected chi connectivity index (χ4v) is 1.34. The smallest absolute Gasteiger partial charge is 0.341 e. The summed E-state index contributed by atoms with van der Waals surface area (Å²) in [7, 11) is 1.36. The van der Waals surface area contributed by atoms with Crippen molar-refractivity contribution in [3.05, 3.63) is 22.3 Å². The number of nitrogens with zero attached hydrogens (tertiary/aromatic N) is 1. The summed E-state index contributed by atoms with van der Waals surface area (Å²) < 4.78 is 4.81. The topological polar surface area (TPSA) is 59.4 Å². The number of carboxylic acids is 1. The minimum atomic E-state index is -1.07. The molecule has 5 heteroatoms. The van der Waals surface area contributed by atoms with Crippen molar-refractivity contribution in [2.45, 2.75) is 13.3 Å². The van der Waals surface area contributed by atoms with Crippen LogP contribution < -0.4 is 4.74 Å². The highest BCUT2D eigenvalue weighted by molar-refractivity contribution is 6.30. The third-order valence-electron chi connectivity index (χ3n) is 1.82. The molecule has 0 radical (unpaired) electrons. The van der Waals surface area contributed by atoms with Crippen LogP contribution in [0.2, 0.25) is 5.15 Å². The third-order valence-corrected chi connectivity index (χ3v) is 2.15. The molecule has 0 atom stereocenters. The van der Waals surface area contributed by atoms with E-state index < -0.39 is 5.97 Å². The van der Waals surface area contributed by atoms with E-state index in [2.05, 4.69) is 4.98 Å². The lowest BCUT2D eigenvalue weighted by molar-refractivity contribution is 0.0692. The average Bonchev–Trinajstić information content (AvgIpc) is 2.16. The van der Waals surface area contributed by atoms with Crippen molar-refractivity contribution >= 4 is 17.6 Å². The van der Waals surface area contributed by atoms with Gasteiger partial charge in [0.2, 0.25) is 5.88 Å². The summed E-state index contributed by atoms with van der Waals surface area (Å²) in [5.74, 6) is -1.03. The Labute approximate surface area is 86.5 Å². The van der Waals surface area contributed by atoms with Gasteiger partial charge in [-0.3, -0.25) is 0 Å². The Morgan fingerprint density at radius 1 is 1.71 bits per heavy atom. The molecule has 1 N–H and O–H groups in total. The van der Waals surface area contributed by atoms with Crippen molar-refractivity contribution in [3.8, 4) is 5.88 Å². The van der Waals surface area contributed by atoms with E-state index in [0.29, 0.717) is 12.0 Å². The maximum absolute atomic E-state index is 10.8. The van der Waals surface area contributed by atoms with Crippen molar-refractivity contribution in [1.29, 1.82) is 0 Å². The Kier molecular flexibility index (Phi) is 3.30. The predicted octanol–water partition coefficient (Wildman–Crippen LogP) is 2.00. The number of hydrogen-bond acceptors (Lipinski definition) is 3. The zero-order valence-corrected chi connectivity index (χ0v) is 8.63. The second-order valence-electron chi connectivity index (χ2n) is 2.65. The van der Waals surface area contributed by atoms with Gasteiger partial charge in [-0.2, -0.15) is 0 Å². The second kappa shape index (κ2) is 4.28. The Balaban J connectivity index is 3.32. The lowest BCUT2D eigenvalue weighted by Gasteiger charge is -2.07. The van der Waals surface area contributed by atoms with Crippen LogP contribution in [0.25, 0.3) is 0 Å². The van der Waals surface area contributed by atoms with Gasteiger partial charge in [-0.05, 0) is 18.1 Å². The van der Waals surface area contributed by atoms with Gasteiger partial charge < -0.3 is 9.84 Å². The molecule has 1 heterocycles. The molecule has 0 fully saturated rings. The molecule has 0 saturated heterocycles. The summed E-state index contributed by atoms with van der Waals surface area (Å²) in [6.45, 7) is 1.88. The van der Waals surface area contributed by atoms with E-state index in [1.54, 1.807) is 0 Å². The van der Waals surface area contributed by atoms with Crippen LogP contribution in [-0.2, 0) is 6.42 Å². The summed E-state index contributed by atoms with van der Waals surface area (Å²) in [6, 6.07) is 1.48. The van der Waals surface area contributed by atoms with Crippen molar-refractivity contribution < 1.29 is 14.6 Å². The van der Waals surface area contributed by atoms with E-state index in [1.807, 2.05) is 6.92 Å². The third kappa shape index (κ3) is 1.96. The highest BCUT2D eigenvalue weighted by Crippen LogP contribution is 2.23. The van der Waals surface area contributed by atoms with Gasteiger partial charge >= 0.3 is 5.97 Å². The number of rotatable bonds is 3. The van der Waals surface area contributed by atoms with Crippen LogP contribution in [0.15, 0.2) is 6.07 Å². The first kappa shape index (κ1) is 10.8. The van der Waals surface area contributed by atoms with Gasteiger partial charge in [-0.15, -0.1) is 0 Å². The summed E-state index contributed by atoms with van der Waals surface area (Å²) in [5.41, 5.74) is 0.735. The van der Waals surface area contributed by atoms with Gasteiger partial charge in [-0.25, -0.2) is 9.78 Å². The number of aryl methyl sites for hydroxylation is 1. The fraction of sp³-hybridized carbons (Fsp3) is 0.333. The van der Waals surface area contributed by atoms with Gasteiger partial charge in [0.05, 0.1) is 7.11 Å². The maximum Gasteiger partial charge on any atom is 0.341 e. The lowest BCUT2D eigenvalue weighted by atomic mass is 10.1. The standard InChI is InChI=1S/C9H10ClNO3/c1-3-5-4-6(9(12)13)8(14-2)11-7(5)10/h4H,3H2,1-2H3,(H,12,13). The minimum Gasteiger partial charge on any atom is -0.480 e. The average molecular weight is 216 g/mol. The van der Waals surface area contributed by atoms with Crippen molar-refractivity contribution in [2.24, 2.45) is 0 Å². The SMILES string of the molecule is CCc1cc(C(=O)O)c(OC)nc1Cl. The summed E-state index contributed by atoms with van der Waals surface area (Å²) in [5, 5.41) is 9.13. The first-order chi connectivity index (χ1) is 6.60. The number of aromatic carboxylic acids is 1. The highest BCUT2D eigenvalue weighted by Gasteiger charge is 2.15. The Bertz CT molecular complexity index is 365. The number of pyridine rings is 1. The van der Waals surface area contributed by atoms with E-state index in [4.69, 9.17) is 21.4 Å². The number of halogens is 1. The Morgan fingerprint density at radius 2 is 2.36 bits per heavy atom. The molecule has 0 aliphatic heterocycles. The second-order valence-corrected chi connectivity index (χ2v) is 3.01. The minimum absolute atomic E-state index is 0.0359. The molecule has 4 nitrogen and oxygen atoms in total. The van der Waals surface area contributed by atoms with E-state index in [0.717, 1.165) is 0 Å². The summed E-state index contributed by atoms with van der Waals surface area (Å²) in [6.07, 6.45) is 0.635. The molecule has 0 aliphatic carbocycles. The van der Waals surface area contributed by atoms with E-state index in [1.165, 1.54) is 13.2 Å². The summed E-state index contributed by atoms with van der Waals surface area (Å²) >= 11 is 5.80. The van der Waals surface area contributed by atoms with E-state index in [9.17, 15) is 4.79 Å². The number of methoxy groups -OCH3 is 1. The van der Waals surface area contributed by atoms with Gasteiger partial charge in [0, 0.05) is 0 Å². The largest absolute Gasteiger partial charge is 0.480 e. The number of hydrogen-bond donors (Lipinski definition) is 1.